The fourth-order valence-electron chi connectivity index (χ4n) is 3.20. The highest BCUT2D eigenvalue weighted by Gasteiger charge is 2.20. The van der Waals surface area contributed by atoms with Gasteiger partial charge in [0, 0.05) is 23.7 Å². The summed E-state index contributed by atoms with van der Waals surface area (Å²) in [4.78, 5) is 12.6. The highest BCUT2D eigenvalue weighted by Crippen LogP contribution is 2.37. The number of rotatable bonds is 7. The second-order valence-corrected chi connectivity index (χ2v) is 10.7. The Morgan fingerprint density at radius 3 is 2.44 bits per heavy atom. The summed E-state index contributed by atoms with van der Waals surface area (Å²) >= 11 is 7.02. The van der Waals surface area contributed by atoms with Crippen molar-refractivity contribution < 1.29 is 22.7 Å². The Hall–Kier alpha value is -3.40. The van der Waals surface area contributed by atoms with E-state index in [0.29, 0.717) is 39.1 Å². The van der Waals surface area contributed by atoms with E-state index in [-0.39, 0.29) is 15.0 Å². The molecule has 2 heterocycles. The summed E-state index contributed by atoms with van der Waals surface area (Å²) in [6.07, 6.45) is 2.42. The minimum atomic E-state index is -3.56. The summed E-state index contributed by atoms with van der Waals surface area (Å²) in [7, 11) is -0.519. The highest BCUT2D eigenvalue weighted by atomic mass is 35.5. The smallest absolute Gasteiger partial charge is 0.268 e. The molecular formula is C21H20ClN5O5S2. The maximum absolute atomic E-state index is 12.6. The summed E-state index contributed by atoms with van der Waals surface area (Å²) in [6, 6.07) is 7.06. The van der Waals surface area contributed by atoms with Crippen LogP contribution in [0.1, 0.15) is 17.0 Å². The largest absolute Gasteiger partial charge is 0.495 e. The van der Waals surface area contributed by atoms with Crippen LogP contribution in [0.2, 0.25) is 5.02 Å². The lowest BCUT2D eigenvalue weighted by atomic mass is 10.1. The minimum Gasteiger partial charge on any atom is -0.495 e. The lowest BCUT2D eigenvalue weighted by Gasteiger charge is -2.16. The Bertz CT molecular complexity index is 1450. The van der Waals surface area contributed by atoms with Gasteiger partial charge in [-0.1, -0.05) is 22.9 Å². The fraction of sp³-hybridized carbons (Fsp3) is 0.238. The van der Waals surface area contributed by atoms with Crippen molar-refractivity contribution in [3.8, 4) is 23.3 Å². The zero-order valence-corrected chi connectivity index (χ0v) is 21.2. The number of aromatic nitrogens is 3. The van der Waals surface area contributed by atoms with Crippen LogP contribution in [0.5, 0.6) is 11.5 Å². The van der Waals surface area contributed by atoms with Gasteiger partial charge in [0.05, 0.1) is 24.9 Å². The van der Waals surface area contributed by atoms with E-state index < -0.39 is 15.7 Å². The molecule has 0 saturated heterocycles. The molecule has 0 saturated carbocycles. The molecule has 1 amide bonds. The van der Waals surface area contributed by atoms with Crippen molar-refractivity contribution in [2.45, 2.75) is 18.2 Å². The number of nitrogens with zero attached hydrogens (tertiary/aromatic N) is 4. The van der Waals surface area contributed by atoms with Crippen LogP contribution in [-0.4, -0.2) is 49.6 Å². The van der Waals surface area contributed by atoms with Crippen LogP contribution < -0.4 is 14.8 Å². The molecule has 0 unspecified atom stereocenters. The fourth-order valence-corrected chi connectivity index (χ4v) is 4.94. The first-order valence-corrected chi connectivity index (χ1v) is 12.7. The van der Waals surface area contributed by atoms with Gasteiger partial charge in [0.2, 0.25) is 19.3 Å². The monoisotopic (exact) mass is 521 g/mol. The van der Waals surface area contributed by atoms with Crippen LogP contribution in [0.15, 0.2) is 28.1 Å². The molecule has 0 bridgehead atoms. The van der Waals surface area contributed by atoms with Crippen molar-refractivity contribution in [3.63, 3.8) is 0 Å². The zero-order chi connectivity index (χ0) is 25.2. The van der Waals surface area contributed by atoms with E-state index in [2.05, 4.69) is 15.5 Å². The number of hydrogen-bond acceptors (Lipinski definition) is 9. The number of methoxy groups -OCH3 is 2. The molecule has 34 heavy (non-hydrogen) atoms. The number of nitrogens with one attached hydrogen (secondary N) is 1. The van der Waals surface area contributed by atoms with Crippen LogP contribution in [-0.2, 0) is 14.6 Å². The first-order valence-electron chi connectivity index (χ1n) is 9.57. The number of hydrogen-bond donors (Lipinski definition) is 1. The normalized spacial score (nSPS) is 11.7. The van der Waals surface area contributed by atoms with Gasteiger partial charge < -0.3 is 14.0 Å². The van der Waals surface area contributed by atoms with E-state index in [1.807, 2.05) is 30.6 Å². The number of carbonyl (C=O) groups excluding carboxylic acids is 1. The lowest BCUT2D eigenvalue weighted by molar-refractivity contribution is -0.112. The van der Waals surface area contributed by atoms with E-state index in [4.69, 9.17) is 21.1 Å². The number of nitriles is 1. The summed E-state index contributed by atoms with van der Waals surface area (Å²) in [6.45, 7) is 3.69. The number of sulfone groups is 1. The average molecular weight is 522 g/mol. The van der Waals surface area contributed by atoms with Gasteiger partial charge in [-0.3, -0.25) is 10.1 Å². The van der Waals surface area contributed by atoms with E-state index in [1.165, 1.54) is 20.3 Å². The second kappa shape index (κ2) is 9.84. The highest BCUT2D eigenvalue weighted by molar-refractivity contribution is 7.92. The van der Waals surface area contributed by atoms with Crippen LogP contribution in [0, 0.1) is 25.2 Å². The Labute approximate surface area is 205 Å². The van der Waals surface area contributed by atoms with Crippen molar-refractivity contribution in [3.05, 3.63) is 45.7 Å². The molecule has 10 nitrogen and oxygen atoms in total. The molecule has 0 aliphatic rings. The van der Waals surface area contributed by atoms with Gasteiger partial charge in [-0.15, -0.1) is 10.2 Å². The Balaban J connectivity index is 1.98. The predicted molar refractivity (Wildman–Crippen MR) is 129 cm³/mol. The van der Waals surface area contributed by atoms with E-state index in [1.54, 1.807) is 12.1 Å². The molecular weight excluding hydrogens is 502 g/mol. The number of anilines is 1. The van der Waals surface area contributed by atoms with Crippen LogP contribution in [0.25, 0.3) is 11.8 Å². The lowest BCUT2D eigenvalue weighted by Crippen LogP contribution is -2.13. The SMILES string of the molecule is COc1cc(OC)c(-n2c(C)cc(C=C(C#N)C(=O)Nc3nnc(S(C)(=O)=O)s3)c2C)cc1Cl. The Morgan fingerprint density at radius 1 is 1.21 bits per heavy atom. The number of halogens is 1. The number of benzene rings is 1. The molecule has 0 atom stereocenters. The van der Waals surface area contributed by atoms with E-state index >= 15 is 0 Å². The summed E-state index contributed by atoms with van der Waals surface area (Å²) < 4.78 is 35.5. The van der Waals surface area contributed by atoms with Gasteiger partial charge in [-0.25, -0.2) is 8.42 Å². The molecule has 0 aliphatic heterocycles. The van der Waals surface area contributed by atoms with Crippen molar-refractivity contribution in [1.82, 2.24) is 14.8 Å². The average Bonchev–Trinajstić information content (AvgIpc) is 3.35. The zero-order valence-electron chi connectivity index (χ0n) is 18.8. The Kier molecular flexibility index (Phi) is 7.30. The van der Waals surface area contributed by atoms with Crippen LogP contribution in [0.3, 0.4) is 0 Å². The predicted octanol–water partition coefficient (Wildman–Crippen LogP) is 3.57. The maximum atomic E-state index is 12.6. The Morgan fingerprint density at radius 2 is 1.88 bits per heavy atom. The first-order chi connectivity index (χ1) is 16.0. The molecule has 3 aromatic rings. The van der Waals surface area contributed by atoms with Gasteiger partial charge in [0.1, 0.15) is 23.1 Å². The molecule has 1 aromatic carbocycles. The first kappa shape index (κ1) is 25.2. The van der Waals surface area contributed by atoms with Gasteiger partial charge in [-0.2, -0.15) is 5.26 Å². The quantitative estimate of drug-likeness (QED) is 0.283. The van der Waals surface area contributed by atoms with Gasteiger partial charge >= 0.3 is 0 Å². The van der Waals surface area contributed by atoms with E-state index in [0.717, 1.165) is 17.6 Å². The molecule has 0 aliphatic carbocycles. The summed E-state index contributed by atoms with van der Waals surface area (Å²) in [5.41, 5.74) is 2.62. The molecule has 13 heteroatoms. The topological polar surface area (TPSA) is 136 Å². The van der Waals surface area contributed by atoms with E-state index in [9.17, 15) is 18.5 Å². The van der Waals surface area contributed by atoms with Crippen LogP contribution in [0.4, 0.5) is 5.13 Å². The minimum absolute atomic E-state index is 0.0327. The van der Waals surface area contributed by atoms with Crippen molar-refractivity contribution in [2.24, 2.45) is 0 Å². The third-order valence-corrected chi connectivity index (χ3v) is 7.58. The second-order valence-electron chi connectivity index (χ2n) is 7.09. The number of aryl methyl sites for hydroxylation is 1. The van der Waals surface area contributed by atoms with Gasteiger partial charge in [0.15, 0.2) is 0 Å². The van der Waals surface area contributed by atoms with Crippen molar-refractivity contribution in [2.75, 3.05) is 25.8 Å². The maximum Gasteiger partial charge on any atom is 0.268 e. The molecule has 178 valence electrons. The van der Waals surface area contributed by atoms with Crippen molar-refractivity contribution in [1.29, 1.82) is 5.26 Å². The summed E-state index contributed by atoms with van der Waals surface area (Å²) in [5, 5.41) is 19.5. The molecule has 0 radical (unpaired) electrons. The third-order valence-electron chi connectivity index (χ3n) is 4.77. The summed E-state index contributed by atoms with van der Waals surface area (Å²) in [5.74, 6) is 0.243. The molecule has 2 aromatic heterocycles. The number of carbonyl (C=O) groups is 1. The molecule has 0 fully saturated rings. The van der Waals surface area contributed by atoms with Gasteiger partial charge in [0.25, 0.3) is 5.91 Å². The van der Waals surface area contributed by atoms with Gasteiger partial charge in [-0.05, 0) is 37.6 Å². The third kappa shape index (κ3) is 5.06. The standard InChI is InChI=1S/C21H20ClN5O5S2/c1-11-6-13(12(2)27(11)16-8-15(22)17(31-3)9-18(16)32-4)7-14(10-23)19(28)24-20-25-26-21(33-20)34(5,29)30/h6-9H,1-5H3,(H,24,25,28). The number of amides is 1. The van der Waals surface area contributed by atoms with Crippen LogP contribution >= 0.6 is 22.9 Å². The molecule has 0 spiro atoms. The molecule has 1 N–H and O–H groups in total. The van der Waals surface area contributed by atoms with Crippen molar-refractivity contribution >= 4 is 49.9 Å². The number of ether oxygens (including phenoxy) is 2. The molecule has 3 rings (SSSR count).